The lowest BCUT2D eigenvalue weighted by molar-refractivity contribution is 0.201. The first-order chi connectivity index (χ1) is 14.8. The van der Waals surface area contributed by atoms with E-state index >= 15 is 0 Å². The molecule has 1 aliphatic rings. The summed E-state index contributed by atoms with van der Waals surface area (Å²) in [5.74, 6) is 2.36. The van der Waals surface area contributed by atoms with Crippen LogP contribution in [0.5, 0.6) is 0 Å². The first-order valence-electron chi connectivity index (χ1n) is 10.3. The molecule has 7 heteroatoms. The molecule has 1 fully saturated rings. The van der Waals surface area contributed by atoms with Crippen LogP contribution in [-0.4, -0.2) is 37.9 Å². The van der Waals surface area contributed by atoms with E-state index < -0.39 is 0 Å². The summed E-state index contributed by atoms with van der Waals surface area (Å²) < 4.78 is 5.93. The second kappa shape index (κ2) is 7.34. The van der Waals surface area contributed by atoms with Gasteiger partial charge in [0.2, 0.25) is 0 Å². The monoisotopic (exact) mass is 415 g/mol. The van der Waals surface area contributed by atoms with E-state index in [-0.39, 0.29) is 0 Å². The molecular weight excluding hydrogens is 394 g/mol. The van der Waals surface area contributed by atoms with Crippen molar-refractivity contribution >= 4 is 33.5 Å². The zero-order valence-electron chi connectivity index (χ0n) is 16.4. The van der Waals surface area contributed by atoms with E-state index in [4.69, 9.17) is 14.4 Å². The molecule has 0 radical (unpaired) electrons. The number of rotatable bonds is 4. The second-order valence-electron chi connectivity index (χ2n) is 7.82. The maximum atomic E-state index is 5.93. The topological polar surface area (TPSA) is 70.8 Å². The van der Waals surface area contributed by atoms with E-state index in [1.165, 1.54) is 5.01 Å². The molecule has 1 saturated heterocycles. The molecular formula is C23H21N5OS. The minimum absolute atomic E-state index is 0.512. The lowest BCUT2D eigenvalue weighted by Crippen LogP contribution is -2.32. The highest BCUT2D eigenvalue weighted by molar-refractivity contribution is 7.10. The van der Waals surface area contributed by atoms with Gasteiger partial charge in [-0.15, -0.1) is 11.3 Å². The van der Waals surface area contributed by atoms with Crippen molar-refractivity contribution in [1.29, 1.82) is 0 Å². The third kappa shape index (κ3) is 3.30. The first-order valence-corrected chi connectivity index (χ1v) is 11.2. The third-order valence-corrected chi connectivity index (χ3v) is 6.82. The van der Waals surface area contributed by atoms with Gasteiger partial charge in [-0.05, 0) is 50.2 Å². The normalized spacial score (nSPS) is 16.0. The molecule has 0 spiro atoms. The zero-order chi connectivity index (χ0) is 19.9. The highest BCUT2D eigenvalue weighted by atomic mass is 32.1. The minimum atomic E-state index is 0.512. The molecule has 0 atom stereocenters. The molecule has 6 nitrogen and oxygen atoms in total. The Labute approximate surface area is 177 Å². The Bertz CT molecular complexity index is 1250. The molecule has 0 unspecified atom stereocenters. The number of benzene rings is 1. The number of pyridine rings is 1. The number of likely N-dealkylation sites (tertiary alicyclic amines) is 1. The van der Waals surface area contributed by atoms with Gasteiger partial charge in [-0.25, -0.2) is 9.97 Å². The number of hydrogen-bond donors (Lipinski definition) is 1. The van der Waals surface area contributed by atoms with E-state index in [9.17, 15) is 0 Å². The molecule has 0 bridgehead atoms. The van der Waals surface area contributed by atoms with Crippen molar-refractivity contribution in [3.05, 3.63) is 64.9 Å². The predicted octanol–water partition coefficient (Wildman–Crippen LogP) is 5.21. The fourth-order valence-corrected chi connectivity index (χ4v) is 5.19. The Hall–Kier alpha value is -3.03. The summed E-state index contributed by atoms with van der Waals surface area (Å²) in [6.07, 6.45) is 4.02. The molecule has 5 heterocycles. The summed E-state index contributed by atoms with van der Waals surface area (Å²) in [6, 6.07) is 14.0. The highest BCUT2D eigenvalue weighted by Gasteiger charge is 2.24. The van der Waals surface area contributed by atoms with Gasteiger partial charge in [0.05, 0.1) is 22.6 Å². The minimum Gasteiger partial charge on any atom is -0.453 e. The third-order valence-electron chi connectivity index (χ3n) is 5.81. The average Bonchev–Trinajstić information content (AvgIpc) is 3.51. The molecule has 30 heavy (non-hydrogen) atoms. The lowest BCUT2D eigenvalue weighted by atomic mass is 9.97. The SMILES string of the molecule is c1ccc2[nH]c(CN3CCC(c4nc(-c5cc6ncccc6o5)cs4)CC3)nc2c1. The average molecular weight is 416 g/mol. The van der Waals surface area contributed by atoms with Crippen LogP contribution < -0.4 is 0 Å². The second-order valence-corrected chi connectivity index (χ2v) is 8.71. The van der Waals surface area contributed by atoms with Crippen molar-refractivity contribution in [3.8, 4) is 11.5 Å². The summed E-state index contributed by atoms with van der Waals surface area (Å²) in [5, 5.41) is 3.31. The Kier molecular flexibility index (Phi) is 4.35. The number of aromatic nitrogens is 4. The van der Waals surface area contributed by atoms with Crippen molar-refractivity contribution in [2.75, 3.05) is 13.1 Å². The van der Waals surface area contributed by atoms with E-state index in [0.717, 1.165) is 71.9 Å². The summed E-state index contributed by atoms with van der Waals surface area (Å²) >= 11 is 1.74. The molecule has 6 rings (SSSR count). The van der Waals surface area contributed by atoms with Crippen LogP contribution in [0.25, 0.3) is 33.6 Å². The number of thiazole rings is 1. The van der Waals surface area contributed by atoms with Gasteiger partial charge < -0.3 is 9.40 Å². The van der Waals surface area contributed by atoms with Crippen molar-refractivity contribution in [2.45, 2.75) is 25.3 Å². The quantitative estimate of drug-likeness (QED) is 0.436. The number of nitrogens with one attached hydrogen (secondary N) is 1. The maximum Gasteiger partial charge on any atom is 0.156 e. The van der Waals surface area contributed by atoms with E-state index in [1.807, 2.05) is 30.3 Å². The van der Waals surface area contributed by atoms with Crippen LogP contribution in [0.15, 0.2) is 58.5 Å². The summed E-state index contributed by atoms with van der Waals surface area (Å²) in [6.45, 7) is 2.99. The van der Waals surface area contributed by atoms with Crippen molar-refractivity contribution in [1.82, 2.24) is 24.8 Å². The van der Waals surface area contributed by atoms with Gasteiger partial charge in [-0.3, -0.25) is 9.88 Å². The molecule has 0 saturated carbocycles. The number of nitrogens with zero attached hydrogens (tertiary/aromatic N) is 4. The standard InChI is InChI=1S/C23H21N5OS/c1-2-5-17-16(4-1)25-22(26-17)13-28-10-7-15(8-11-28)23-27-19(14-30-23)21-12-18-20(29-21)6-3-9-24-18/h1-6,9,12,14-15H,7-8,10-11,13H2,(H,25,26). The smallest absolute Gasteiger partial charge is 0.156 e. The van der Waals surface area contributed by atoms with Crippen LogP contribution >= 0.6 is 11.3 Å². The molecule has 1 N–H and O–H groups in total. The number of fused-ring (bicyclic) bond motifs is 2. The Balaban J connectivity index is 1.12. The van der Waals surface area contributed by atoms with Crippen LogP contribution in [-0.2, 0) is 6.54 Å². The van der Waals surface area contributed by atoms with Gasteiger partial charge in [0.1, 0.15) is 17.0 Å². The number of para-hydroxylation sites is 2. The van der Waals surface area contributed by atoms with E-state index in [2.05, 4.69) is 32.4 Å². The maximum absolute atomic E-state index is 5.93. The Morgan fingerprint density at radius 1 is 1.07 bits per heavy atom. The molecule has 1 aromatic carbocycles. The van der Waals surface area contributed by atoms with Gasteiger partial charge in [-0.1, -0.05) is 12.1 Å². The number of hydrogen-bond acceptors (Lipinski definition) is 6. The van der Waals surface area contributed by atoms with Crippen LogP contribution in [0, 0.1) is 0 Å². The van der Waals surface area contributed by atoms with Gasteiger partial charge in [-0.2, -0.15) is 0 Å². The largest absolute Gasteiger partial charge is 0.453 e. The summed E-state index contributed by atoms with van der Waals surface area (Å²) in [4.78, 5) is 19.9. The molecule has 1 aliphatic heterocycles. The van der Waals surface area contributed by atoms with Crippen molar-refractivity contribution < 1.29 is 4.42 Å². The van der Waals surface area contributed by atoms with Crippen LogP contribution in [0.1, 0.15) is 29.6 Å². The number of aromatic amines is 1. The fraction of sp³-hybridized carbons (Fsp3) is 0.261. The Morgan fingerprint density at radius 3 is 2.83 bits per heavy atom. The lowest BCUT2D eigenvalue weighted by Gasteiger charge is -2.30. The van der Waals surface area contributed by atoms with E-state index in [0.29, 0.717) is 5.92 Å². The fourth-order valence-electron chi connectivity index (χ4n) is 4.21. The van der Waals surface area contributed by atoms with Crippen molar-refractivity contribution in [3.63, 3.8) is 0 Å². The van der Waals surface area contributed by atoms with Crippen LogP contribution in [0.4, 0.5) is 0 Å². The predicted molar refractivity (Wildman–Crippen MR) is 118 cm³/mol. The number of piperidine rings is 1. The number of furan rings is 1. The summed E-state index contributed by atoms with van der Waals surface area (Å²) in [7, 11) is 0. The summed E-state index contributed by atoms with van der Waals surface area (Å²) in [5.41, 5.74) is 4.75. The van der Waals surface area contributed by atoms with Gasteiger partial charge in [0.15, 0.2) is 11.3 Å². The zero-order valence-corrected chi connectivity index (χ0v) is 17.2. The Morgan fingerprint density at radius 2 is 1.97 bits per heavy atom. The van der Waals surface area contributed by atoms with Crippen LogP contribution in [0.2, 0.25) is 0 Å². The van der Waals surface area contributed by atoms with Crippen LogP contribution in [0.3, 0.4) is 0 Å². The van der Waals surface area contributed by atoms with Gasteiger partial charge >= 0.3 is 0 Å². The first kappa shape index (κ1) is 17.8. The number of H-pyrrole nitrogens is 1. The number of imidazole rings is 1. The molecule has 0 aliphatic carbocycles. The van der Waals surface area contributed by atoms with Gasteiger partial charge in [0.25, 0.3) is 0 Å². The molecule has 150 valence electrons. The molecule has 5 aromatic rings. The van der Waals surface area contributed by atoms with E-state index in [1.54, 1.807) is 17.5 Å². The van der Waals surface area contributed by atoms with Gasteiger partial charge in [0, 0.05) is 23.6 Å². The highest BCUT2D eigenvalue weighted by Crippen LogP contribution is 2.34. The van der Waals surface area contributed by atoms with Crippen molar-refractivity contribution in [2.24, 2.45) is 0 Å². The molecule has 4 aromatic heterocycles. The molecule has 0 amide bonds.